The fourth-order valence-electron chi connectivity index (χ4n) is 2.32. The fourth-order valence-corrected chi connectivity index (χ4v) is 4.21. The van der Waals surface area contributed by atoms with Gasteiger partial charge in [0.05, 0.1) is 24.5 Å². The average Bonchev–Trinajstić information content (AvgIpc) is 3.07. The average molecular weight is 276 g/mol. The molecule has 0 amide bonds. The number of hydrogen-bond donors (Lipinski definition) is 1. The van der Waals surface area contributed by atoms with Crippen molar-refractivity contribution in [1.29, 1.82) is 0 Å². The Labute approximate surface area is 110 Å². The van der Waals surface area contributed by atoms with Crippen LogP contribution in [0.25, 0.3) is 0 Å². The highest BCUT2D eigenvalue weighted by Crippen LogP contribution is 2.23. The predicted octanol–water partition coefficient (Wildman–Crippen LogP) is 0.569. The first kappa shape index (κ1) is 14.2. The molecule has 0 bridgehead atoms. The van der Waals surface area contributed by atoms with E-state index in [2.05, 4.69) is 5.32 Å². The van der Waals surface area contributed by atoms with Crippen LogP contribution in [0, 0.1) is 0 Å². The molecule has 0 aromatic rings. The Kier molecular flexibility index (Phi) is 4.31. The Morgan fingerprint density at radius 1 is 1.39 bits per heavy atom. The van der Waals surface area contributed by atoms with Crippen molar-refractivity contribution in [2.75, 3.05) is 32.1 Å². The minimum absolute atomic E-state index is 0.232. The van der Waals surface area contributed by atoms with Gasteiger partial charge < -0.3 is 10.1 Å². The van der Waals surface area contributed by atoms with E-state index in [1.807, 2.05) is 13.8 Å². The maximum absolute atomic E-state index is 12.3. The molecule has 0 unspecified atom stereocenters. The van der Waals surface area contributed by atoms with Crippen molar-refractivity contribution in [2.24, 2.45) is 0 Å². The van der Waals surface area contributed by atoms with Crippen LogP contribution in [0.5, 0.6) is 0 Å². The predicted molar refractivity (Wildman–Crippen MR) is 71.0 cm³/mol. The Balaban J connectivity index is 1.83. The molecule has 1 saturated heterocycles. The van der Waals surface area contributed by atoms with Crippen LogP contribution in [0.2, 0.25) is 0 Å². The topological polar surface area (TPSA) is 58.6 Å². The van der Waals surface area contributed by atoms with E-state index >= 15 is 0 Å². The Bertz CT molecular complexity index is 377. The first-order valence-electron chi connectivity index (χ1n) is 6.73. The molecule has 1 heterocycles. The van der Waals surface area contributed by atoms with Gasteiger partial charge in [-0.25, -0.2) is 8.42 Å². The van der Waals surface area contributed by atoms with Crippen molar-refractivity contribution >= 4 is 10.0 Å². The second-order valence-corrected chi connectivity index (χ2v) is 7.85. The molecule has 2 rings (SSSR count). The summed E-state index contributed by atoms with van der Waals surface area (Å²) in [5, 5.41) is 3.35. The molecule has 1 aliphatic carbocycles. The van der Waals surface area contributed by atoms with Gasteiger partial charge >= 0.3 is 0 Å². The Morgan fingerprint density at radius 2 is 2.11 bits per heavy atom. The van der Waals surface area contributed by atoms with Crippen LogP contribution in [0.1, 0.15) is 33.1 Å². The molecule has 0 spiro atoms. The summed E-state index contributed by atoms with van der Waals surface area (Å²) < 4.78 is 31.6. The molecule has 5 nitrogen and oxygen atoms in total. The lowest BCUT2D eigenvalue weighted by Crippen LogP contribution is -2.56. The van der Waals surface area contributed by atoms with Gasteiger partial charge in [0.2, 0.25) is 10.0 Å². The molecular weight excluding hydrogens is 252 g/mol. The summed E-state index contributed by atoms with van der Waals surface area (Å²) in [5.41, 5.74) is -0.416. The van der Waals surface area contributed by atoms with Gasteiger partial charge in [-0.15, -0.1) is 0 Å². The molecule has 0 aromatic heterocycles. The molecule has 18 heavy (non-hydrogen) atoms. The summed E-state index contributed by atoms with van der Waals surface area (Å²) in [4.78, 5) is 0. The SMILES string of the molecule is CC1(C)COCCN1S(=O)(=O)CCCNC1CC1. The largest absolute Gasteiger partial charge is 0.378 e. The minimum atomic E-state index is -3.16. The monoisotopic (exact) mass is 276 g/mol. The van der Waals surface area contributed by atoms with Crippen molar-refractivity contribution in [1.82, 2.24) is 9.62 Å². The highest BCUT2D eigenvalue weighted by atomic mass is 32.2. The van der Waals surface area contributed by atoms with Crippen LogP contribution in [0.3, 0.4) is 0 Å². The zero-order valence-electron chi connectivity index (χ0n) is 11.3. The van der Waals surface area contributed by atoms with Gasteiger partial charge in [-0.2, -0.15) is 4.31 Å². The third-order valence-corrected chi connectivity index (χ3v) is 5.65. The van der Waals surface area contributed by atoms with Crippen molar-refractivity contribution < 1.29 is 13.2 Å². The fraction of sp³-hybridized carbons (Fsp3) is 1.00. The summed E-state index contributed by atoms with van der Waals surface area (Å²) in [6.45, 7) is 6.11. The van der Waals surface area contributed by atoms with Gasteiger partial charge in [0, 0.05) is 12.6 Å². The number of sulfonamides is 1. The standard InChI is InChI=1S/C12H24N2O3S/c1-12(2)10-17-8-7-14(12)18(15,16)9-3-6-13-11-4-5-11/h11,13H,3-10H2,1-2H3. The normalized spacial score (nSPS) is 25.2. The number of morpholine rings is 1. The van der Waals surface area contributed by atoms with Gasteiger partial charge in [0.25, 0.3) is 0 Å². The molecule has 2 fully saturated rings. The molecule has 0 atom stereocenters. The number of ether oxygens (including phenoxy) is 1. The third kappa shape index (κ3) is 3.66. The molecule has 1 aliphatic heterocycles. The van der Waals surface area contributed by atoms with E-state index in [1.165, 1.54) is 12.8 Å². The van der Waals surface area contributed by atoms with Crippen LogP contribution in [0.4, 0.5) is 0 Å². The van der Waals surface area contributed by atoms with Crippen LogP contribution in [-0.2, 0) is 14.8 Å². The number of nitrogens with zero attached hydrogens (tertiary/aromatic N) is 1. The summed E-state index contributed by atoms with van der Waals surface area (Å²) in [7, 11) is -3.16. The molecule has 1 N–H and O–H groups in total. The summed E-state index contributed by atoms with van der Waals surface area (Å²) in [6, 6.07) is 0.646. The zero-order valence-corrected chi connectivity index (χ0v) is 12.1. The van der Waals surface area contributed by atoms with E-state index in [9.17, 15) is 8.42 Å². The van der Waals surface area contributed by atoms with Crippen LogP contribution in [-0.4, -0.2) is 56.4 Å². The second-order valence-electron chi connectivity index (χ2n) is 5.84. The molecule has 1 saturated carbocycles. The van der Waals surface area contributed by atoms with E-state index in [1.54, 1.807) is 4.31 Å². The third-order valence-electron chi connectivity index (χ3n) is 3.49. The van der Waals surface area contributed by atoms with Gasteiger partial charge in [-0.1, -0.05) is 0 Å². The highest BCUT2D eigenvalue weighted by Gasteiger charge is 2.38. The lowest BCUT2D eigenvalue weighted by Gasteiger charge is -2.40. The maximum Gasteiger partial charge on any atom is 0.214 e. The minimum Gasteiger partial charge on any atom is -0.378 e. The highest BCUT2D eigenvalue weighted by molar-refractivity contribution is 7.89. The van der Waals surface area contributed by atoms with E-state index in [0.717, 1.165) is 6.54 Å². The van der Waals surface area contributed by atoms with Crippen LogP contribution in [0.15, 0.2) is 0 Å². The Hall–Kier alpha value is -0.170. The summed E-state index contributed by atoms with van der Waals surface area (Å²) in [5.74, 6) is 0.232. The zero-order chi connectivity index (χ0) is 13.2. The molecule has 6 heteroatoms. The van der Waals surface area contributed by atoms with Gasteiger partial charge in [-0.3, -0.25) is 0 Å². The van der Waals surface area contributed by atoms with E-state index in [4.69, 9.17) is 4.74 Å². The summed E-state index contributed by atoms with van der Waals surface area (Å²) >= 11 is 0. The van der Waals surface area contributed by atoms with Gasteiger partial charge in [-0.05, 0) is 39.7 Å². The van der Waals surface area contributed by atoms with E-state index < -0.39 is 15.6 Å². The molecule has 2 aliphatic rings. The van der Waals surface area contributed by atoms with Gasteiger partial charge in [0.1, 0.15) is 0 Å². The number of nitrogens with one attached hydrogen (secondary N) is 1. The molecule has 106 valence electrons. The van der Waals surface area contributed by atoms with Crippen molar-refractivity contribution in [2.45, 2.75) is 44.7 Å². The lowest BCUT2D eigenvalue weighted by atomic mass is 10.1. The smallest absolute Gasteiger partial charge is 0.214 e. The first-order valence-corrected chi connectivity index (χ1v) is 8.34. The molecular formula is C12H24N2O3S. The van der Waals surface area contributed by atoms with Crippen molar-refractivity contribution in [3.63, 3.8) is 0 Å². The van der Waals surface area contributed by atoms with Gasteiger partial charge in [0.15, 0.2) is 0 Å². The van der Waals surface area contributed by atoms with Crippen LogP contribution < -0.4 is 5.32 Å². The first-order chi connectivity index (χ1) is 8.42. The van der Waals surface area contributed by atoms with Crippen molar-refractivity contribution in [3.8, 4) is 0 Å². The quantitative estimate of drug-likeness (QED) is 0.721. The van der Waals surface area contributed by atoms with Crippen molar-refractivity contribution in [3.05, 3.63) is 0 Å². The summed E-state index contributed by atoms with van der Waals surface area (Å²) in [6.07, 6.45) is 3.17. The number of hydrogen-bond acceptors (Lipinski definition) is 4. The van der Waals surface area contributed by atoms with E-state index in [-0.39, 0.29) is 5.75 Å². The molecule has 0 radical (unpaired) electrons. The number of rotatable bonds is 6. The van der Waals surface area contributed by atoms with Crippen LogP contribution >= 0.6 is 0 Å². The maximum atomic E-state index is 12.3. The Morgan fingerprint density at radius 3 is 2.72 bits per heavy atom. The second kappa shape index (κ2) is 5.45. The van der Waals surface area contributed by atoms with E-state index in [0.29, 0.717) is 32.2 Å². The molecule has 0 aromatic carbocycles. The lowest BCUT2D eigenvalue weighted by molar-refractivity contribution is -0.00769.